The molecule has 0 bridgehead atoms. The summed E-state index contributed by atoms with van der Waals surface area (Å²) in [5.74, 6) is 0. The zero-order chi connectivity index (χ0) is 37.7. The van der Waals surface area contributed by atoms with Crippen molar-refractivity contribution in [1.82, 2.24) is 9.13 Å². The van der Waals surface area contributed by atoms with Crippen molar-refractivity contribution in [3.05, 3.63) is 218 Å². The Bertz CT molecular complexity index is 3150. The maximum absolute atomic E-state index is 3.61. The van der Waals surface area contributed by atoms with Crippen molar-refractivity contribution < 1.29 is 0 Å². The second-order valence-electron chi connectivity index (χ2n) is 14.7. The van der Waals surface area contributed by atoms with Gasteiger partial charge >= 0.3 is 0 Å². The van der Waals surface area contributed by atoms with Crippen LogP contribution in [-0.4, -0.2) is 9.13 Å². The molecule has 2 aromatic heterocycles. The van der Waals surface area contributed by atoms with Gasteiger partial charge in [0, 0.05) is 44.3 Å². The summed E-state index contributed by atoms with van der Waals surface area (Å²) >= 11 is 0. The van der Waals surface area contributed by atoms with Crippen molar-refractivity contribution in [3.8, 4) is 44.8 Å². The van der Waals surface area contributed by atoms with E-state index in [0.29, 0.717) is 0 Å². The average Bonchev–Trinajstić information content (AvgIpc) is 3.80. The summed E-state index contributed by atoms with van der Waals surface area (Å²) in [4.78, 5) is 0. The summed E-state index contributed by atoms with van der Waals surface area (Å²) < 4.78 is 4.75. The van der Waals surface area contributed by atoms with Crippen molar-refractivity contribution in [2.75, 3.05) is 5.32 Å². The molecule has 268 valence electrons. The number of hydrogen-bond acceptors (Lipinski definition) is 1. The van der Waals surface area contributed by atoms with Gasteiger partial charge in [0.2, 0.25) is 0 Å². The Morgan fingerprint density at radius 1 is 0.246 bits per heavy atom. The summed E-state index contributed by atoms with van der Waals surface area (Å²) in [6, 6.07) is 78.6. The van der Waals surface area contributed by atoms with Gasteiger partial charge in [0.1, 0.15) is 0 Å². The van der Waals surface area contributed by atoms with Crippen LogP contribution in [0.25, 0.3) is 88.4 Å². The summed E-state index contributed by atoms with van der Waals surface area (Å²) in [5.41, 5.74) is 16.4. The van der Waals surface area contributed by atoms with Crippen molar-refractivity contribution >= 4 is 55.0 Å². The highest BCUT2D eigenvalue weighted by Gasteiger charge is 2.14. The molecule has 0 aliphatic heterocycles. The van der Waals surface area contributed by atoms with Gasteiger partial charge in [-0.2, -0.15) is 0 Å². The largest absolute Gasteiger partial charge is 0.356 e. The predicted molar refractivity (Wildman–Crippen MR) is 241 cm³/mol. The molecule has 9 aromatic carbocycles. The molecule has 0 unspecified atom stereocenters. The van der Waals surface area contributed by atoms with Crippen LogP contribution >= 0.6 is 0 Å². The number of para-hydroxylation sites is 4. The Labute approximate surface area is 331 Å². The molecule has 11 aromatic rings. The molecule has 11 rings (SSSR count). The maximum Gasteiger partial charge on any atom is 0.0541 e. The van der Waals surface area contributed by atoms with E-state index in [4.69, 9.17) is 0 Å². The molecule has 0 saturated heterocycles. The smallest absolute Gasteiger partial charge is 0.0541 e. The number of fused-ring (bicyclic) bond motifs is 6. The first-order valence-corrected chi connectivity index (χ1v) is 19.5. The first kappa shape index (κ1) is 32.8. The van der Waals surface area contributed by atoms with Gasteiger partial charge in [-0.3, -0.25) is 0 Å². The highest BCUT2D eigenvalue weighted by Crippen LogP contribution is 2.36. The lowest BCUT2D eigenvalue weighted by Crippen LogP contribution is -1.94. The van der Waals surface area contributed by atoms with Gasteiger partial charge in [0.15, 0.2) is 0 Å². The van der Waals surface area contributed by atoms with Crippen molar-refractivity contribution in [1.29, 1.82) is 0 Å². The van der Waals surface area contributed by atoms with E-state index < -0.39 is 0 Å². The highest BCUT2D eigenvalue weighted by molar-refractivity contribution is 6.10. The van der Waals surface area contributed by atoms with Crippen molar-refractivity contribution in [2.45, 2.75) is 0 Å². The number of rotatable bonds is 7. The minimum atomic E-state index is 1.05. The second kappa shape index (κ2) is 13.6. The molecule has 2 heterocycles. The van der Waals surface area contributed by atoms with Gasteiger partial charge in [-0.25, -0.2) is 0 Å². The molecular formula is C54H37N3. The zero-order valence-corrected chi connectivity index (χ0v) is 31.2. The number of hydrogen-bond donors (Lipinski definition) is 1. The molecule has 0 radical (unpaired) electrons. The molecule has 0 aliphatic carbocycles. The topological polar surface area (TPSA) is 21.9 Å². The molecule has 0 atom stereocenters. The Hall–Kier alpha value is -7.62. The van der Waals surface area contributed by atoms with Gasteiger partial charge in [-0.1, -0.05) is 140 Å². The van der Waals surface area contributed by atoms with Gasteiger partial charge in [-0.15, -0.1) is 0 Å². The van der Waals surface area contributed by atoms with E-state index in [9.17, 15) is 0 Å². The Balaban J connectivity index is 0.828. The van der Waals surface area contributed by atoms with Crippen LogP contribution in [0.5, 0.6) is 0 Å². The van der Waals surface area contributed by atoms with Crippen molar-refractivity contribution in [2.24, 2.45) is 0 Å². The van der Waals surface area contributed by atoms with E-state index in [1.807, 2.05) is 0 Å². The van der Waals surface area contributed by atoms with Gasteiger partial charge in [0.25, 0.3) is 0 Å². The van der Waals surface area contributed by atoms with E-state index in [0.717, 1.165) is 22.7 Å². The molecule has 0 spiro atoms. The van der Waals surface area contributed by atoms with E-state index in [1.165, 1.54) is 77.0 Å². The highest BCUT2D eigenvalue weighted by atomic mass is 15.0. The van der Waals surface area contributed by atoms with Gasteiger partial charge in [-0.05, 0) is 112 Å². The van der Waals surface area contributed by atoms with E-state index >= 15 is 0 Å². The lowest BCUT2D eigenvalue weighted by Gasteiger charge is -2.12. The van der Waals surface area contributed by atoms with E-state index in [-0.39, 0.29) is 0 Å². The van der Waals surface area contributed by atoms with Crippen LogP contribution in [0.2, 0.25) is 0 Å². The Morgan fingerprint density at radius 2 is 0.561 bits per heavy atom. The Morgan fingerprint density at radius 3 is 0.965 bits per heavy atom. The fraction of sp³-hybridized carbons (Fsp3) is 0. The Kier molecular flexibility index (Phi) is 7.82. The van der Waals surface area contributed by atoms with E-state index in [2.05, 4.69) is 233 Å². The lowest BCUT2D eigenvalue weighted by molar-refractivity contribution is 1.18. The lowest BCUT2D eigenvalue weighted by atomic mass is 9.98. The van der Waals surface area contributed by atoms with E-state index in [1.54, 1.807) is 0 Å². The van der Waals surface area contributed by atoms with Crippen molar-refractivity contribution in [3.63, 3.8) is 0 Å². The summed E-state index contributed by atoms with van der Waals surface area (Å²) in [5, 5.41) is 8.70. The van der Waals surface area contributed by atoms with Crippen LogP contribution in [-0.2, 0) is 0 Å². The fourth-order valence-electron chi connectivity index (χ4n) is 8.59. The quantitative estimate of drug-likeness (QED) is 0.173. The summed E-state index contributed by atoms with van der Waals surface area (Å²) in [7, 11) is 0. The third-order valence-corrected chi connectivity index (χ3v) is 11.3. The standard InChI is InChI=1S/C54H37N3/c1-5-22-51-47(18-1)48-19-2-6-23-52(48)56(51)45-16-10-14-41(35-45)38-28-32-44(33-29-38)55-43-30-26-37(27-31-43)39-12-9-13-40(34-39)42-15-11-17-46(36-42)57-53-24-7-3-20-49(53)50-21-4-8-25-54(50)57/h1-36,55H. The monoisotopic (exact) mass is 727 g/mol. The summed E-state index contributed by atoms with van der Waals surface area (Å²) in [6.07, 6.45) is 0. The van der Waals surface area contributed by atoms with Crippen LogP contribution < -0.4 is 5.32 Å². The number of anilines is 2. The molecular weight excluding hydrogens is 691 g/mol. The third kappa shape index (κ3) is 5.76. The first-order chi connectivity index (χ1) is 28.2. The predicted octanol–water partition coefficient (Wildman–Crippen LogP) is 14.6. The van der Waals surface area contributed by atoms with Crippen LogP contribution in [0, 0.1) is 0 Å². The third-order valence-electron chi connectivity index (χ3n) is 11.3. The first-order valence-electron chi connectivity index (χ1n) is 19.5. The minimum absolute atomic E-state index is 1.05. The number of nitrogens with one attached hydrogen (secondary N) is 1. The normalized spacial score (nSPS) is 11.5. The van der Waals surface area contributed by atoms with Crippen LogP contribution in [0.15, 0.2) is 218 Å². The molecule has 3 nitrogen and oxygen atoms in total. The molecule has 0 amide bonds. The average molecular weight is 728 g/mol. The molecule has 0 fully saturated rings. The minimum Gasteiger partial charge on any atom is -0.356 e. The summed E-state index contributed by atoms with van der Waals surface area (Å²) in [6.45, 7) is 0. The molecule has 57 heavy (non-hydrogen) atoms. The molecule has 0 saturated carbocycles. The van der Waals surface area contributed by atoms with Gasteiger partial charge in [0.05, 0.1) is 22.1 Å². The van der Waals surface area contributed by atoms with Crippen LogP contribution in [0.3, 0.4) is 0 Å². The number of aromatic nitrogens is 2. The maximum atomic E-state index is 3.61. The number of nitrogens with zero attached hydrogens (tertiary/aromatic N) is 2. The SMILES string of the molecule is c1cc(-c2ccc(Nc3ccc(-c4cccc(-n5c6ccccc6c6ccccc65)c4)cc3)cc2)cc(-c2cccc(-n3c4ccccc4c4ccccc43)c2)c1. The molecule has 0 aliphatic rings. The number of benzene rings is 9. The van der Waals surface area contributed by atoms with Crippen LogP contribution in [0.1, 0.15) is 0 Å². The molecule has 1 N–H and O–H groups in total. The second-order valence-corrected chi connectivity index (χ2v) is 14.7. The van der Waals surface area contributed by atoms with Crippen LogP contribution in [0.4, 0.5) is 11.4 Å². The molecule has 3 heteroatoms. The zero-order valence-electron chi connectivity index (χ0n) is 31.2. The fourth-order valence-corrected chi connectivity index (χ4v) is 8.59. The van der Waals surface area contributed by atoms with Gasteiger partial charge < -0.3 is 14.5 Å².